The van der Waals surface area contributed by atoms with Crippen molar-refractivity contribution >= 4 is 101 Å². The fourth-order valence-electron chi connectivity index (χ4n) is 11.0. The van der Waals surface area contributed by atoms with Crippen LogP contribution in [0, 0.1) is 53.7 Å². The topological polar surface area (TPSA) is 37.2 Å². The zero-order valence-corrected chi connectivity index (χ0v) is 41.8. The Labute approximate surface area is 406 Å². The molecule has 0 fully saturated rings. The minimum absolute atomic E-state index is 0. The van der Waals surface area contributed by atoms with E-state index >= 15 is 0 Å². The van der Waals surface area contributed by atoms with Gasteiger partial charge in [-0.2, -0.15) is 22.9 Å². The molecule has 0 unspecified atom stereocenters. The first kappa shape index (κ1) is 42.4. The Morgan fingerprint density at radius 2 is 1.20 bits per heavy atom. The molecule has 0 aliphatic carbocycles. The predicted molar refractivity (Wildman–Crippen MR) is 276 cm³/mol. The van der Waals surface area contributed by atoms with Crippen molar-refractivity contribution in [2.24, 2.45) is 0 Å². The van der Waals surface area contributed by atoms with E-state index in [1.807, 2.05) is 12.3 Å². The average Bonchev–Trinajstić information content (AvgIpc) is 3.85. The van der Waals surface area contributed by atoms with Gasteiger partial charge in [0.15, 0.2) is 0 Å². The van der Waals surface area contributed by atoms with Crippen molar-refractivity contribution in [3.05, 3.63) is 179 Å². The van der Waals surface area contributed by atoms with Crippen molar-refractivity contribution in [2.75, 3.05) is 9.80 Å². The average molecular weight is 1050 g/mol. The number of anilines is 6. The molecule has 10 aromatic rings. The second-order valence-corrected chi connectivity index (χ2v) is 20.3. The number of rotatable bonds is 4. The number of hydrogen-bond donors (Lipinski definition) is 0. The van der Waals surface area contributed by atoms with E-state index < -0.39 is 0 Å². The molecule has 2 aliphatic heterocycles. The molecule has 12 rings (SSSR count). The number of fused-ring (bicyclic) bond motifs is 8. The molecule has 8 heteroatoms. The van der Waals surface area contributed by atoms with Gasteiger partial charge in [0, 0.05) is 44.2 Å². The van der Waals surface area contributed by atoms with Gasteiger partial charge in [0.1, 0.15) is 5.82 Å². The van der Waals surface area contributed by atoms with Crippen molar-refractivity contribution in [1.82, 2.24) is 14.5 Å². The first-order valence-corrected chi connectivity index (χ1v) is 23.4. The monoisotopic (exact) mass is 1050 g/mol. The molecule has 0 spiro atoms. The molecule has 7 aromatic carbocycles. The Kier molecular flexibility index (Phi) is 9.89. The second kappa shape index (κ2) is 15.4. The van der Waals surface area contributed by atoms with Crippen LogP contribution in [0.15, 0.2) is 128 Å². The fraction of sp³-hybridized carbons (Fsp3) is 0.172. The Bertz CT molecular complexity index is 3560. The van der Waals surface area contributed by atoms with Gasteiger partial charge in [0.25, 0.3) is 0 Å². The van der Waals surface area contributed by atoms with Crippen LogP contribution in [0.5, 0.6) is 0 Å². The van der Waals surface area contributed by atoms with Gasteiger partial charge in [-0.05, 0) is 134 Å². The normalized spacial score (nSPS) is 13.0. The van der Waals surface area contributed by atoms with Crippen molar-refractivity contribution in [2.45, 2.75) is 67.7 Å². The number of benzene rings is 7. The zero-order chi connectivity index (χ0) is 44.6. The fourth-order valence-corrected chi connectivity index (χ4v) is 12.0. The van der Waals surface area contributed by atoms with Crippen LogP contribution in [0.3, 0.4) is 0 Å². The molecule has 0 atom stereocenters. The van der Waals surface area contributed by atoms with Crippen LogP contribution in [-0.2, 0) is 26.5 Å². The smallest absolute Gasteiger partial charge is 0.366 e. The number of nitrogens with zero attached hydrogens (tertiary/aromatic N) is 5. The molecule has 0 saturated heterocycles. The van der Waals surface area contributed by atoms with E-state index in [4.69, 9.17) is 9.97 Å². The van der Waals surface area contributed by atoms with Gasteiger partial charge in [-0.25, -0.2) is 4.98 Å². The largest absolute Gasteiger partial charge is 2.00 e. The summed E-state index contributed by atoms with van der Waals surface area (Å²) in [5, 5.41) is 3.28. The molecule has 0 bridgehead atoms. The number of pyridine rings is 1. The van der Waals surface area contributed by atoms with Gasteiger partial charge in [0.2, 0.25) is 6.71 Å². The van der Waals surface area contributed by atoms with Crippen LogP contribution in [0.2, 0.25) is 0 Å². The summed E-state index contributed by atoms with van der Waals surface area (Å²) in [4.78, 5) is 15.3. The number of aromatic nitrogens is 3. The molecule has 2 aliphatic rings. The minimum Gasteiger partial charge on any atom is -0.366 e. The third kappa shape index (κ3) is 6.37. The SMILES string of the molecule is Cc1cc(C)c(N2c3ccc(-c4nc5ccccc5s4)[c-]c3B3c4[c-]c5c(cc4N(c4c(C)cc(C)cc4C)c4cc(C(C)(C)C)cc2c43)c2ccccc2n5-c2ccccn2)c(C)c1.[Pt+2]. The Morgan fingerprint density at radius 3 is 1.83 bits per heavy atom. The van der Waals surface area contributed by atoms with Crippen LogP contribution in [0.1, 0.15) is 59.7 Å². The van der Waals surface area contributed by atoms with Gasteiger partial charge in [-0.1, -0.05) is 104 Å². The zero-order valence-electron chi connectivity index (χ0n) is 38.7. The molecular formula is C58H48BN5PtS. The van der Waals surface area contributed by atoms with Gasteiger partial charge in [-0.15, -0.1) is 40.7 Å². The Morgan fingerprint density at radius 1 is 0.591 bits per heavy atom. The Hall–Kier alpha value is -6.27. The second-order valence-electron chi connectivity index (χ2n) is 19.3. The summed E-state index contributed by atoms with van der Waals surface area (Å²) in [6.07, 6.45) is 1.88. The number of aryl methyl sites for hydroxylation is 6. The summed E-state index contributed by atoms with van der Waals surface area (Å²) in [6, 6.07) is 53.0. The summed E-state index contributed by atoms with van der Waals surface area (Å²) < 4.78 is 3.47. The summed E-state index contributed by atoms with van der Waals surface area (Å²) in [5.41, 5.74) is 23.3. The Balaban J connectivity index is 0.00000481. The van der Waals surface area contributed by atoms with Crippen LogP contribution < -0.4 is 26.2 Å². The standard InChI is InChI=1S/C58H48BN5S.Pt/c1-33-24-35(3)55(36(4)25-33)63-47-22-21-39(57-61-45-17-11-13-19-52(45)65-57)28-43(47)59-44-32-48-42(41-16-10-12-18-46(41)62(48)53-20-14-15-23-60-53)31-49(44)64(56-37(5)26-34(2)27-38(56)6)51-30-40(58(7,8)9)29-50(63)54(51)59;/h10-27,29-31H,1-9H3;/q-2;+2. The van der Waals surface area contributed by atoms with Gasteiger partial charge >= 0.3 is 21.1 Å². The van der Waals surface area contributed by atoms with Crippen LogP contribution in [-0.4, -0.2) is 21.2 Å². The van der Waals surface area contributed by atoms with Gasteiger partial charge in [-0.3, -0.25) is 4.98 Å². The van der Waals surface area contributed by atoms with Crippen molar-refractivity contribution in [3.8, 4) is 16.4 Å². The third-order valence-corrected chi connectivity index (χ3v) is 14.7. The predicted octanol–water partition coefficient (Wildman–Crippen LogP) is 13.3. The maximum Gasteiger partial charge on any atom is 2.00 e. The maximum absolute atomic E-state index is 5.19. The van der Waals surface area contributed by atoms with E-state index in [1.54, 1.807) is 11.3 Å². The summed E-state index contributed by atoms with van der Waals surface area (Å²) in [5.74, 6) is 0.869. The molecule has 324 valence electrons. The molecular weight excluding hydrogens is 1000 g/mol. The minimum atomic E-state index is -0.211. The number of thiazole rings is 1. The van der Waals surface area contributed by atoms with Crippen molar-refractivity contribution in [1.29, 1.82) is 0 Å². The summed E-state index contributed by atoms with van der Waals surface area (Å²) >= 11 is 1.73. The number of hydrogen-bond acceptors (Lipinski definition) is 5. The van der Waals surface area contributed by atoms with E-state index in [9.17, 15) is 0 Å². The van der Waals surface area contributed by atoms with Crippen molar-refractivity contribution < 1.29 is 21.1 Å². The van der Waals surface area contributed by atoms with Crippen LogP contribution >= 0.6 is 11.3 Å². The maximum atomic E-state index is 5.19. The molecule has 0 N–H and O–H groups in total. The van der Waals surface area contributed by atoms with Gasteiger partial charge in [0.05, 0.1) is 5.52 Å². The molecule has 3 aromatic heterocycles. The van der Waals surface area contributed by atoms with E-state index in [1.165, 1.54) is 77.2 Å². The first-order chi connectivity index (χ1) is 31.3. The van der Waals surface area contributed by atoms with E-state index in [-0.39, 0.29) is 33.2 Å². The molecule has 5 nitrogen and oxygen atoms in total. The van der Waals surface area contributed by atoms with Gasteiger partial charge < -0.3 is 14.4 Å². The molecule has 66 heavy (non-hydrogen) atoms. The van der Waals surface area contributed by atoms with Crippen LogP contribution in [0.4, 0.5) is 34.1 Å². The van der Waals surface area contributed by atoms with Crippen LogP contribution in [0.25, 0.3) is 48.4 Å². The van der Waals surface area contributed by atoms with E-state index in [0.717, 1.165) is 60.6 Å². The molecule has 0 radical (unpaired) electrons. The molecule has 0 saturated carbocycles. The molecule has 0 amide bonds. The van der Waals surface area contributed by atoms with E-state index in [2.05, 4.69) is 204 Å². The van der Waals surface area contributed by atoms with Crippen molar-refractivity contribution in [3.63, 3.8) is 0 Å². The quantitative estimate of drug-likeness (QED) is 0.130. The van der Waals surface area contributed by atoms with E-state index in [0.29, 0.717) is 0 Å². The summed E-state index contributed by atoms with van der Waals surface area (Å²) in [7, 11) is 0. The number of para-hydroxylation sites is 2. The molecule has 5 heterocycles. The first-order valence-electron chi connectivity index (χ1n) is 22.6. The third-order valence-electron chi connectivity index (χ3n) is 13.6. The summed E-state index contributed by atoms with van der Waals surface area (Å²) in [6.45, 7) is 20.3.